The summed E-state index contributed by atoms with van der Waals surface area (Å²) in [6.45, 7) is 2.05. The lowest BCUT2D eigenvalue weighted by molar-refractivity contribution is 1.31. The first-order valence-electron chi connectivity index (χ1n) is 3.83. The molecule has 0 aliphatic rings. The summed E-state index contributed by atoms with van der Waals surface area (Å²) >= 11 is 13.1. The van der Waals surface area contributed by atoms with Crippen LogP contribution in [0.15, 0.2) is 28.1 Å². The van der Waals surface area contributed by atoms with Crippen molar-refractivity contribution in [2.45, 2.75) is 16.7 Å². The normalized spacial score (nSPS) is 11.1. The van der Waals surface area contributed by atoms with Crippen LogP contribution in [0.25, 0.3) is 10.9 Å². The SMILES string of the molecule is Cc1ccc(S)c2c(S)cn(S)c12. The van der Waals surface area contributed by atoms with Gasteiger partial charge in [-0.1, -0.05) is 18.9 Å². The summed E-state index contributed by atoms with van der Waals surface area (Å²) < 4.78 is 1.78. The Bertz CT molecular complexity index is 431. The molecule has 1 heterocycles. The Morgan fingerprint density at radius 1 is 1.15 bits per heavy atom. The molecule has 0 saturated carbocycles. The molecule has 2 rings (SSSR count). The molecule has 0 amide bonds. The van der Waals surface area contributed by atoms with E-state index in [1.54, 1.807) is 3.97 Å². The van der Waals surface area contributed by atoms with Crippen molar-refractivity contribution in [1.29, 1.82) is 0 Å². The molecule has 0 aliphatic heterocycles. The number of benzene rings is 1. The van der Waals surface area contributed by atoms with E-state index in [2.05, 4.69) is 45.0 Å². The van der Waals surface area contributed by atoms with Crippen LogP contribution in [0.5, 0.6) is 0 Å². The summed E-state index contributed by atoms with van der Waals surface area (Å²) in [6.07, 6.45) is 1.88. The molecule has 1 nitrogen and oxygen atoms in total. The second-order valence-corrected chi connectivity index (χ2v) is 4.38. The zero-order valence-corrected chi connectivity index (χ0v) is 9.70. The molecule has 0 saturated heterocycles. The summed E-state index contributed by atoms with van der Waals surface area (Å²) in [4.78, 5) is 1.86. The summed E-state index contributed by atoms with van der Waals surface area (Å²) in [5.41, 5.74) is 2.27. The standard InChI is InChI=1S/C9H9NS3/c1-5-2-3-6(11)8-7(12)4-10(13)9(5)8/h2-4,11-13H,1H3. The maximum absolute atomic E-state index is 4.38. The third-order valence-corrected chi connectivity index (χ3v) is 3.11. The highest BCUT2D eigenvalue weighted by Gasteiger charge is 2.09. The van der Waals surface area contributed by atoms with Crippen LogP contribution < -0.4 is 0 Å². The Morgan fingerprint density at radius 3 is 2.46 bits per heavy atom. The van der Waals surface area contributed by atoms with Gasteiger partial charge >= 0.3 is 0 Å². The van der Waals surface area contributed by atoms with Gasteiger partial charge in [0.2, 0.25) is 0 Å². The van der Waals surface area contributed by atoms with Crippen LogP contribution in [0.4, 0.5) is 0 Å². The fraction of sp³-hybridized carbons (Fsp3) is 0.111. The van der Waals surface area contributed by atoms with Crippen molar-refractivity contribution in [2.24, 2.45) is 0 Å². The zero-order valence-electron chi connectivity index (χ0n) is 7.02. The van der Waals surface area contributed by atoms with E-state index in [1.165, 1.54) is 5.56 Å². The minimum absolute atomic E-state index is 0.915. The van der Waals surface area contributed by atoms with E-state index in [1.807, 2.05) is 18.3 Å². The highest BCUT2D eigenvalue weighted by atomic mass is 32.1. The van der Waals surface area contributed by atoms with Gasteiger partial charge in [-0.2, -0.15) is 0 Å². The van der Waals surface area contributed by atoms with E-state index in [0.717, 1.165) is 20.7 Å². The van der Waals surface area contributed by atoms with E-state index in [9.17, 15) is 0 Å². The highest BCUT2D eigenvalue weighted by molar-refractivity contribution is 7.81. The monoisotopic (exact) mass is 227 g/mol. The van der Waals surface area contributed by atoms with Gasteiger partial charge in [0.05, 0.1) is 5.52 Å². The van der Waals surface area contributed by atoms with E-state index >= 15 is 0 Å². The van der Waals surface area contributed by atoms with Crippen LogP contribution in [0.3, 0.4) is 0 Å². The Labute approximate surface area is 93.5 Å². The van der Waals surface area contributed by atoms with Gasteiger partial charge in [-0.15, -0.1) is 25.3 Å². The summed E-state index contributed by atoms with van der Waals surface area (Å²) in [6, 6.07) is 4.01. The molecule has 2 aromatic rings. The molecule has 0 unspecified atom stereocenters. The van der Waals surface area contributed by atoms with E-state index < -0.39 is 0 Å². The smallest absolute Gasteiger partial charge is 0.0640 e. The lowest BCUT2D eigenvalue weighted by atomic mass is 10.2. The van der Waals surface area contributed by atoms with Gasteiger partial charge in [0.25, 0.3) is 0 Å². The third kappa shape index (κ3) is 1.37. The second kappa shape index (κ2) is 3.19. The molecule has 0 fully saturated rings. The van der Waals surface area contributed by atoms with E-state index in [-0.39, 0.29) is 0 Å². The molecule has 1 aromatic heterocycles. The molecule has 0 aliphatic carbocycles. The van der Waals surface area contributed by atoms with Gasteiger partial charge in [-0.25, -0.2) is 0 Å². The topological polar surface area (TPSA) is 4.93 Å². The predicted octanol–water partition coefficient (Wildman–Crippen LogP) is 3.22. The van der Waals surface area contributed by atoms with E-state index in [4.69, 9.17) is 0 Å². The number of hydrogen-bond donors (Lipinski definition) is 3. The fourth-order valence-corrected chi connectivity index (χ4v) is 2.67. The van der Waals surface area contributed by atoms with Crippen LogP contribution in [0, 0.1) is 6.92 Å². The number of aryl methyl sites for hydroxylation is 1. The molecular weight excluding hydrogens is 218 g/mol. The minimum atomic E-state index is 0.915. The van der Waals surface area contributed by atoms with Crippen LogP contribution in [-0.2, 0) is 0 Å². The van der Waals surface area contributed by atoms with Crippen molar-refractivity contribution in [3.8, 4) is 0 Å². The first-order valence-corrected chi connectivity index (χ1v) is 5.12. The first kappa shape index (κ1) is 9.37. The Balaban J connectivity index is 3.03. The third-order valence-electron chi connectivity index (χ3n) is 2.09. The summed E-state index contributed by atoms with van der Waals surface area (Å²) in [7, 11) is 0. The number of fused-ring (bicyclic) bond motifs is 1. The summed E-state index contributed by atoms with van der Waals surface area (Å²) in [5.74, 6) is 0. The highest BCUT2D eigenvalue weighted by Crippen LogP contribution is 2.32. The van der Waals surface area contributed by atoms with Crippen molar-refractivity contribution in [1.82, 2.24) is 3.97 Å². The predicted molar refractivity (Wildman–Crippen MR) is 65.6 cm³/mol. The van der Waals surface area contributed by atoms with Gasteiger partial charge in [0.1, 0.15) is 0 Å². The number of rotatable bonds is 0. The van der Waals surface area contributed by atoms with E-state index in [0.29, 0.717) is 0 Å². The van der Waals surface area contributed by atoms with Crippen LogP contribution in [-0.4, -0.2) is 3.97 Å². The van der Waals surface area contributed by atoms with Gasteiger partial charge in [0, 0.05) is 21.4 Å². The molecule has 68 valence electrons. The lowest BCUT2D eigenvalue weighted by Gasteiger charge is -2.01. The average Bonchev–Trinajstić information content (AvgIpc) is 2.36. The van der Waals surface area contributed by atoms with Gasteiger partial charge in [-0.05, 0) is 18.6 Å². The molecular formula is C9H9NS3. The maximum Gasteiger partial charge on any atom is 0.0640 e. The molecule has 0 bridgehead atoms. The van der Waals surface area contributed by atoms with Gasteiger partial charge in [-0.3, -0.25) is 3.97 Å². The molecule has 4 heteroatoms. The van der Waals surface area contributed by atoms with Crippen molar-refractivity contribution in [2.75, 3.05) is 0 Å². The summed E-state index contributed by atoms with van der Waals surface area (Å²) in [5, 5.41) is 1.07. The quantitative estimate of drug-likeness (QED) is 0.568. The Hall–Kier alpha value is -0.190. The van der Waals surface area contributed by atoms with Crippen molar-refractivity contribution < 1.29 is 0 Å². The number of hydrogen-bond acceptors (Lipinski definition) is 3. The molecule has 0 radical (unpaired) electrons. The van der Waals surface area contributed by atoms with Crippen LogP contribution in [0.1, 0.15) is 5.56 Å². The molecule has 0 spiro atoms. The van der Waals surface area contributed by atoms with Crippen LogP contribution >= 0.6 is 38.1 Å². The molecule has 0 N–H and O–H groups in total. The Morgan fingerprint density at radius 2 is 1.85 bits per heavy atom. The number of nitrogens with zero attached hydrogens (tertiary/aromatic N) is 1. The number of thiol groups is 3. The average molecular weight is 227 g/mol. The van der Waals surface area contributed by atoms with Crippen molar-refractivity contribution in [3.05, 3.63) is 23.9 Å². The van der Waals surface area contributed by atoms with Crippen molar-refractivity contribution in [3.63, 3.8) is 0 Å². The minimum Gasteiger partial charge on any atom is -0.292 e. The van der Waals surface area contributed by atoms with Crippen molar-refractivity contribution >= 4 is 49.0 Å². The van der Waals surface area contributed by atoms with Crippen LogP contribution in [0.2, 0.25) is 0 Å². The first-order chi connectivity index (χ1) is 6.11. The lowest BCUT2D eigenvalue weighted by Crippen LogP contribution is -1.82. The molecule has 1 aromatic carbocycles. The fourth-order valence-electron chi connectivity index (χ4n) is 1.48. The maximum atomic E-state index is 4.38. The molecule has 13 heavy (non-hydrogen) atoms. The van der Waals surface area contributed by atoms with Gasteiger partial charge in [0.15, 0.2) is 0 Å². The Kier molecular flexibility index (Phi) is 2.30. The number of aromatic nitrogens is 1. The molecule has 0 atom stereocenters. The second-order valence-electron chi connectivity index (χ2n) is 2.98. The largest absolute Gasteiger partial charge is 0.292 e. The van der Waals surface area contributed by atoms with Gasteiger partial charge < -0.3 is 0 Å². The zero-order chi connectivity index (χ0) is 9.59.